The average Bonchev–Trinajstić information content (AvgIpc) is 2.55. The molecule has 0 spiro atoms. The topological polar surface area (TPSA) is 25.2 Å². The summed E-state index contributed by atoms with van der Waals surface area (Å²) in [4.78, 5) is 8.70. The van der Waals surface area contributed by atoms with Crippen LogP contribution in [0.15, 0.2) is 10.4 Å². The molecule has 0 radical (unpaired) electrons. The van der Waals surface area contributed by atoms with E-state index in [1.54, 1.807) is 23.1 Å². The maximum Gasteiger partial charge on any atom is 0.117 e. The predicted octanol–water partition coefficient (Wildman–Crippen LogP) is 1.94. The molecular weight excluding hydrogens is 176 g/mol. The standard InChI is InChI=1S/C7H8N2S2/c1-5-9-6(4-11-5)7-8-2-3-10-7/h4H,2-3H2,1H3. The van der Waals surface area contributed by atoms with Crippen molar-refractivity contribution in [2.45, 2.75) is 6.92 Å². The van der Waals surface area contributed by atoms with Gasteiger partial charge in [-0.3, -0.25) is 4.99 Å². The van der Waals surface area contributed by atoms with Crippen LogP contribution in [0.5, 0.6) is 0 Å². The van der Waals surface area contributed by atoms with Gasteiger partial charge in [0.25, 0.3) is 0 Å². The van der Waals surface area contributed by atoms with E-state index in [2.05, 4.69) is 15.4 Å². The molecule has 1 aliphatic rings. The molecule has 2 nitrogen and oxygen atoms in total. The summed E-state index contributed by atoms with van der Waals surface area (Å²) >= 11 is 3.49. The maximum atomic E-state index is 4.36. The second-order valence-electron chi connectivity index (χ2n) is 2.29. The van der Waals surface area contributed by atoms with Gasteiger partial charge in [-0.25, -0.2) is 4.98 Å². The summed E-state index contributed by atoms with van der Waals surface area (Å²) in [6.07, 6.45) is 0. The van der Waals surface area contributed by atoms with E-state index in [4.69, 9.17) is 0 Å². The minimum Gasteiger partial charge on any atom is -0.275 e. The molecule has 0 amide bonds. The lowest BCUT2D eigenvalue weighted by molar-refractivity contribution is 1.17. The first kappa shape index (κ1) is 7.31. The summed E-state index contributed by atoms with van der Waals surface area (Å²) in [7, 11) is 0. The van der Waals surface area contributed by atoms with Gasteiger partial charge in [0, 0.05) is 17.7 Å². The zero-order valence-corrected chi connectivity index (χ0v) is 7.84. The first-order chi connectivity index (χ1) is 5.36. The third-order valence-corrected chi connectivity index (χ3v) is 3.20. The van der Waals surface area contributed by atoms with Crippen LogP contribution in [0.25, 0.3) is 0 Å². The normalized spacial score (nSPS) is 17.0. The Morgan fingerprint density at radius 1 is 1.55 bits per heavy atom. The molecule has 0 saturated heterocycles. The van der Waals surface area contributed by atoms with Crippen LogP contribution < -0.4 is 0 Å². The molecule has 1 aromatic heterocycles. The molecule has 0 aromatic carbocycles. The number of aliphatic imine (C=N–C) groups is 1. The Hall–Kier alpha value is -0.350. The van der Waals surface area contributed by atoms with Gasteiger partial charge in [0.05, 0.1) is 5.01 Å². The van der Waals surface area contributed by atoms with Crippen LogP contribution >= 0.6 is 23.1 Å². The zero-order valence-electron chi connectivity index (χ0n) is 6.20. The number of nitrogens with zero attached hydrogens (tertiary/aromatic N) is 2. The van der Waals surface area contributed by atoms with Crippen LogP contribution in [0.3, 0.4) is 0 Å². The molecule has 0 aliphatic carbocycles. The third-order valence-electron chi connectivity index (χ3n) is 1.42. The molecule has 0 atom stereocenters. The van der Waals surface area contributed by atoms with Crippen molar-refractivity contribution in [2.75, 3.05) is 12.3 Å². The molecule has 0 fully saturated rings. The second kappa shape index (κ2) is 2.95. The molecule has 2 rings (SSSR count). The van der Waals surface area contributed by atoms with E-state index in [1.807, 2.05) is 6.92 Å². The van der Waals surface area contributed by atoms with Gasteiger partial charge in [-0.05, 0) is 6.92 Å². The molecule has 0 unspecified atom stereocenters. The van der Waals surface area contributed by atoms with Crippen molar-refractivity contribution in [1.29, 1.82) is 0 Å². The first-order valence-electron chi connectivity index (χ1n) is 3.46. The summed E-state index contributed by atoms with van der Waals surface area (Å²) in [6, 6.07) is 0. The van der Waals surface area contributed by atoms with Crippen LogP contribution in [-0.4, -0.2) is 22.3 Å². The number of thiazole rings is 1. The van der Waals surface area contributed by atoms with Gasteiger partial charge in [0.15, 0.2) is 0 Å². The summed E-state index contributed by atoms with van der Waals surface area (Å²) in [5, 5.41) is 4.32. The van der Waals surface area contributed by atoms with Gasteiger partial charge in [0.2, 0.25) is 0 Å². The van der Waals surface area contributed by atoms with Crippen molar-refractivity contribution in [1.82, 2.24) is 4.98 Å². The first-order valence-corrected chi connectivity index (χ1v) is 5.32. The van der Waals surface area contributed by atoms with Gasteiger partial charge in [0.1, 0.15) is 10.7 Å². The average molecular weight is 184 g/mol. The fourth-order valence-corrected chi connectivity index (χ4v) is 2.43. The van der Waals surface area contributed by atoms with E-state index in [9.17, 15) is 0 Å². The monoisotopic (exact) mass is 184 g/mol. The highest BCUT2D eigenvalue weighted by atomic mass is 32.2. The van der Waals surface area contributed by atoms with Gasteiger partial charge < -0.3 is 0 Å². The van der Waals surface area contributed by atoms with Crippen LogP contribution in [-0.2, 0) is 0 Å². The van der Waals surface area contributed by atoms with Crippen molar-refractivity contribution >= 4 is 28.1 Å². The Balaban J connectivity index is 2.28. The Labute approximate surface area is 73.8 Å². The van der Waals surface area contributed by atoms with Crippen molar-refractivity contribution in [3.63, 3.8) is 0 Å². The molecule has 11 heavy (non-hydrogen) atoms. The largest absolute Gasteiger partial charge is 0.275 e. The maximum absolute atomic E-state index is 4.36. The van der Waals surface area contributed by atoms with Gasteiger partial charge in [-0.2, -0.15) is 0 Å². The molecule has 1 aliphatic heterocycles. The molecule has 0 bridgehead atoms. The Bertz CT molecular complexity index is 290. The molecule has 1 aromatic rings. The smallest absolute Gasteiger partial charge is 0.117 e. The molecule has 0 N–H and O–H groups in total. The summed E-state index contributed by atoms with van der Waals surface area (Å²) in [6.45, 7) is 2.98. The van der Waals surface area contributed by atoms with E-state index >= 15 is 0 Å². The fraction of sp³-hybridized carbons (Fsp3) is 0.429. The highest BCUT2D eigenvalue weighted by Crippen LogP contribution is 2.20. The van der Waals surface area contributed by atoms with Gasteiger partial charge >= 0.3 is 0 Å². The number of hydrogen-bond acceptors (Lipinski definition) is 4. The van der Waals surface area contributed by atoms with E-state index < -0.39 is 0 Å². The minimum absolute atomic E-state index is 0.955. The molecule has 0 saturated carbocycles. The van der Waals surface area contributed by atoms with E-state index in [0.717, 1.165) is 28.0 Å². The number of hydrogen-bond donors (Lipinski definition) is 0. The van der Waals surface area contributed by atoms with Gasteiger partial charge in [-0.15, -0.1) is 23.1 Å². The minimum atomic E-state index is 0.955. The van der Waals surface area contributed by atoms with E-state index in [-0.39, 0.29) is 0 Å². The second-order valence-corrected chi connectivity index (χ2v) is 4.43. The fourth-order valence-electron chi connectivity index (χ4n) is 0.952. The summed E-state index contributed by atoms with van der Waals surface area (Å²) in [5.41, 5.74) is 1.06. The van der Waals surface area contributed by atoms with Crippen molar-refractivity contribution in [3.8, 4) is 0 Å². The van der Waals surface area contributed by atoms with Crippen molar-refractivity contribution in [2.24, 2.45) is 4.99 Å². The number of rotatable bonds is 1. The highest BCUT2D eigenvalue weighted by molar-refractivity contribution is 8.14. The lowest BCUT2D eigenvalue weighted by atomic mass is 10.5. The SMILES string of the molecule is Cc1nc(C2=NCCS2)cs1. The van der Waals surface area contributed by atoms with Crippen LogP contribution in [0, 0.1) is 6.92 Å². The number of aryl methyl sites for hydroxylation is 1. The lowest BCUT2D eigenvalue weighted by Crippen LogP contribution is -1.91. The quantitative estimate of drug-likeness (QED) is 0.666. The summed E-state index contributed by atoms with van der Waals surface area (Å²) < 4.78 is 0. The Morgan fingerprint density at radius 2 is 2.45 bits per heavy atom. The van der Waals surface area contributed by atoms with Crippen LogP contribution in [0.1, 0.15) is 10.7 Å². The van der Waals surface area contributed by atoms with E-state index in [0.29, 0.717) is 0 Å². The van der Waals surface area contributed by atoms with Crippen LogP contribution in [0.4, 0.5) is 0 Å². The van der Waals surface area contributed by atoms with Crippen molar-refractivity contribution in [3.05, 3.63) is 16.1 Å². The van der Waals surface area contributed by atoms with Crippen molar-refractivity contribution < 1.29 is 0 Å². The molecule has 58 valence electrons. The predicted molar refractivity (Wildman–Crippen MR) is 50.7 cm³/mol. The lowest BCUT2D eigenvalue weighted by Gasteiger charge is -1.89. The third kappa shape index (κ3) is 1.46. The molecular formula is C7H8N2S2. The number of aromatic nitrogens is 1. The van der Waals surface area contributed by atoms with Crippen LogP contribution in [0.2, 0.25) is 0 Å². The molecule has 2 heterocycles. The summed E-state index contributed by atoms with van der Waals surface area (Å²) in [5.74, 6) is 1.12. The Kier molecular flexibility index (Phi) is 1.96. The highest BCUT2D eigenvalue weighted by Gasteiger charge is 2.11. The Morgan fingerprint density at radius 3 is 3.00 bits per heavy atom. The number of thioether (sulfide) groups is 1. The van der Waals surface area contributed by atoms with Gasteiger partial charge in [-0.1, -0.05) is 0 Å². The van der Waals surface area contributed by atoms with E-state index in [1.165, 1.54) is 0 Å². The molecule has 4 heteroatoms. The zero-order chi connectivity index (χ0) is 7.68.